The molecule has 0 radical (unpaired) electrons. The first-order valence-corrected chi connectivity index (χ1v) is 5.02. The number of anilines is 1. The number of hydrogen-bond acceptors (Lipinski definition) is 3. The van der Waals surface area contributed by atoms with Crippen LogP contribution in [0.3, 0.4) is 0 Å². The molecule has 0 aliphatic carbocycles. The summed E-state index contributed by atoms with van der Waals surface area (Å²) in [5.74, 6) is -3.96. The third kappa shape index (κ3) is 4.27. The van der Waals surface area contributed by atoms with E-state index in [-0.39, 0.29) is 10.7 Å². The molecular formula is C10H8ClF2NO4. The number of ether oxygens (including phenoxy) is 1. The van der Waals surface area contributed by atoms with Crippen molar-refractivity contribution in [3.05, 3.63) is 28.8 Å². The molecule has 0 saturated heterocycles. The lowest BCUT2D eigenvalue weighted by Gasteiger charge is -2.08. The summed E-state index contributed by atoms with van der Waals surface area (Å²) in [5, 5.41) is 10.00. The van der Waals surface area contributed by atoms with Crippen molar-refractivity contribution in [1.82, 2.24) is 0 Å². The summed E-state index contributed by atoms with van der Waals surface area (Å²) in [7, 11) is 0. The first kappa shape index (κ1) is 14.3. The summed E-state index contributed by atoms with van der Waals surface area (Å²) < 4.78 is 30.4. The van der Waals surface area contributed by atoms with Gasteiger partial charge >= 0.3 is 5.97 Å². The molecule has 18 heavy (non-hydrogen) atoms. The van der Waals surface area contributed by atoms with Gasteiger partial charge in [0, 0.05) is 6.07 Å². The van der Waals surface area contributed by atoms with Crippen molar-refractivity contribution >= 4 is 29.2 Å². The Labute approximate surface area is 105 Å². The number of carboxylic acids is 1. The lowest BCUT2D eigenvalue weighted by molar-refractivity contribution is -0.143. The van der Waals surface area contributed by atoms with Crippen LogP contribution >= 0.6 is 11.6 Å². The standard InChI is InChI=1S/C10H8ClF2NO4/c11-6-1-5(12)2-7(13)10(6)14-8(15)3-18-4-9(16)17/h1-2H,3-4H2,(H,14,15)(H,16,17). The molecule has 0 saturated carbocycles. The highest BCUT2D eigenvalue weighted by Gasteiger charge is 2.13. The number of carbonyl (C=O) groups is 2. The Morgan fingerprint density at radius 2 is 2.00 bits per heavy atom. The van der Waals surface area contributed by atoms with Crippen molar-refractivity contribution in [2.24, 2.45) is 0 Å². The fraction of sp³-hybridized carbons (Fsp3) is 0.200. The number of hydrogen-bond donors (Lipinski definition) is 2. The van der Waals surface area contributed by atoms with Gasteiger partial charge in [-0.15, -0.1) is 0 Å². The summed E-state index contributed by atoms with van der Waals surface area (Å²) in [5.41, 5.74) is -0.387. The second kappa shape index (κ2) is 6.27. The van der Waals surface area contributed by atoms with E-state index in [1.54, 1.807) is 0 Å². The molecule has 1 aromatic carbocycles. The molecule has 0 unspecified atom stereocenters. The van der Waals surface area contributed by atoms with Gasteiger partial charge in [0.1, 0.15) is 19.0 Å². The predicted octanol–water partition coefficient (Wildman–Crippen LogP) is 1.66. The van der Waals surface area contributed by atoms with E-state index in [0.717, 1.165) is 6.07 Å². The molecule has 1 aromatic rings. The Kier molecular flexibility index (Phi) is 4.99. The van der Waals surface area contributed by atoms with Crippen molar-refractivity contribution < 1.29 is 28.2 Å². The van der Waals surface area contributed by atoms with Gasteiger partial charge in [0.25, 0.3) is 5.91 Å². The van der Waals surface area contributed by atoms with Crippen LogP contribution in [0.2, 0.25) is 5.02 Å². The minimum Gasteiger partial charge on any atom is -0.480 e. The molecule has 0 fully saturated rings. The lowest BCUT2D eigenvalue weighted by Crippen LogP contribution is -2.21. The van der Waals surface area contributed by atoms with Crippen LogP contribution in [0.1, 0.15) is 0 Å². The topological polar surface area (TPSA) is 75.6 Å². The molecule has 0 atom stereocenters. The molecular weight excluding hydrogens is 272 g/mol. The van der Waals surface area contributed by atoms with Crippen molar-refractivity contribution in [3.63, 3.8) is 0 Å². The van der Waals surface area contributed by atoms with E-state index in [1.807, 2.05) is 5.32 Å². The van der Waals surface area contributed by atoms with E-state index in [2.05, 4.69) is 4.74 Å². The minimum absolute atomic E-state index is 0.306. The number of carbonyl (C=O) groups excluding carboxylic acids is 1. The molecule has 2 N–H and O–H groups in total. The summed E-state index contributed by atoms with van der Waals surface area (Å²) in [6, 6.07) is 1.39. The van der Waals surface area contributed by atoms with Crippen molar-refractivity contribution in [2.45, 2.75) is 0 Å². The minimum atomic E-state index is -1.24. The van der Waals surface area contributed by atoms with Crippen LogP contribution in [0, 0.1) is 11.6 Å². The Hall–Kier alpha value is -1.73. The fourth-order valence-corrected chi connectivity index (χ4v) is 1.31. The number of rotatable bonds is 5. The quantitative estimate of drug-likeness (QED) is 0.859. The van der Waals surface area contributed by atoms with Crippen LogP contribution < -0.4 is 5.32 Å². The maximum absolute atomic E-state index is 13.2. The van der Waals surface area contributed by atoms with Crippen LogP contribution in [0.25, 0.3) is 0 Å². The van der Waals surface area contributed by atoms with Crippen LogP contribution in [-0.2, 0) is 14.3 Å². The summed E-state index contributed by atoms with van der Waals surface area (Å²) in [4.78, 5) is 21.3. The van der Waals surface area contributed by atoms with Crippen LogP contribution in [0.5, 0.6) is 0 Å². The summed E-state index contributed by atoms with van der Waals surface area (Å²) >= 11 is 5.53. The monoisotopic (exact) mass is 279 g/mol. The Morgan fingerprint density at radius 1 is 1.33 bits per heavy atom. The third-order valence-corrected chi connectivity index (χ3v) is 2.03. The SMILES string of the molecule is O=C(O)COCC(=O)Nc1c(F)cc(F)cc1Cl. The smallest absolute Gasteiger partial charge is 0.329 e. The predicted molar refractivity (Wildman–Crippen MR) is 58.5 cm³/mol. The number of carboxylic acid groups (broad SMARTS) is 1. The zero-order chi connectivity index (χ0) is 13.7. The first-order valence-electron chi connectivity index (χ1n) is 4.64. The van der Waals surface area contributed by atoms with Crippen molar-refractivity contribution in [2.75, 3.05) is 18.5 Å². The number of halogens is 3. The molecule has 0 spiro atoms. The van der Waals surface area contributed by atoms with Gasteiger partial charge in [0.05, 0.1) is 10.7 Å². The lowest BCUT2D eigenvalue weighted by atomic mass is 10.3. The van der Waals surface area contributed by atoms with Gasteiger partial charge in [-0.3, -0.25) is 4.79 Å². The van der Waals surface area contributed by atoms with Gasteiger partial charge in [-0.2, -0.15) is 0 Å². The zero-order valence-electron chi connectivity index (χ0n) is 8.87. The molecule has 0 heterocycles. The molecule has 0 aliphatic rings. The molecule has 0 bridgehead atoms. The second-order valence-electron chi connectivity index (χ2n) is 3.18. The average Bonchev–Trinajstić information content (AvgIpc) is 2.22. The molecule has 1 rings (SSSR count). The number of aliphatic carboxylic acids is 1. The number of benzene rings is 1. The van der Waals surface area contributed by atoms with Gasteiger partial charge in [0.2, 0.25) is 0 Å². The largest absolute Gasteiger partial charge is 0.480 e. The van der Waals surface area contributed by atoms with E-state index in [4.69, 9.17) is 16.7 Å². The van der Waals surface area contributed by atoms with Gasteiger partial charge in [-0.05, 0) is 6.07 Å². The van der Waals surface area contributed by atoms with Crippen molar-refractivity contribution in [3.8, 4) is 0 Å². The van der Waals surface area contributed by atoms with Gasteiger partial charge in [-0.25, -0.2) is 13.6 Å². The first-order chi connectivity index (χ1) is 8.40. The average molecular weight is 280 g/mol. The number of nitrogens with one attached hydrogen (secondary N) is 1. The maximum Gasteiger partial charge on any atom is 0.329 e. The molecule has 0 aromatic heterocycles. The summed E-state index contributed by atoms with van der Waals surface area (Å²) in [6.07, 6.45) is 0. The molecule has 98 valence electrons. The van der Waals surface area contributed by atoms with Crippen LogP contribution in [-0.4, -0.2) is 30.2 Å². The molecule has 8 heteroatoms. The van der Waals surface area contributed by atoms with E-state index in [1.165, 1.54) is 0 Å². The molecule has 1 amide bonds. The maximum atomic E-state index is 13.2. The van der Waals surface area contributed by atoms with E-state index >= 15 is 0 Å². The Balaban J connectivity index is 2.62. The Bertz CT molecular complexity index is 458. The van der Waals surface area contributed by atoms with E-state index < -0.39 is 36.7 Å². The van der Waals surface area contributed by atoms with Gasteiger partial charge in [0.15, 0.2) is 5.82 Å². The molecule has 0 aliphatic heterocycles. The van der Waals surface area contributed by atoms with E-state index in [9.17, 15) is 18.4 Å². The normalized spacial score (nSPS) is 10.2. The highest BCUT2D eigenvalue weighted by molar-refractivity contribution is 6.33. The third-order valence-electron chi connectivity index (χ3n) is 1.73. The highest BCUT2D eigenvalue weighted by atomic mass is 35.5. The van der Waals surface area contributed by atoms with Crippen LogP contribution in [0.15, 0.2) is 12.1 Å². The van der Waals surface area contributed by atoms with Gasteiger partial charge < -0.3 is 15.2 Å². The molecule has 5 nitrogen and oxygen atoms in total. The number of amides is 1. The zero-order valence-corrected chi connectivity index (χ0v) is 9.63. The fourth-order valence-electron chi connectivity index (χ4n) is 1.07. The van der Waals surface area contributed by atoms with Crippen LogP contribution in [0.4, 0.5) is 14.5 Å². The summed E-state index contributed by atoms with van der Waals surface area (Å²) in [6.45, 7) is -1.24. The highest BCUT2D eigenvalue weighted by Crippen LogP contribution is 2.26. The van der Waals surface area contributed by atoms with Gasteiger partial charge in [-0.1, -0.05) is 11.6 Å². The second-order valence-corrected chi connectivity index (χ2v) is 3.59. The Morgan fingerprint density at radius 3 is 2.56 bits per heavy atom. The van der Waals surface area contributed by atoms with E-state index in [0.29, 0.717) is 6.07 Å². The van der Waals surface area contributed by atoms with Crippen molar-refractivity contribution in [1.29, 1.82) is 0 Å².